The van der Waals surface area contributed by atoms with Crippen LogP contribution in [-0.2, 0) is 10.8 Å². The molecule has 0 radical (unpaired) electrons. The van der Waals surface area contributed by atoms with E-state index in [0.29, 0.717) is 0 Å². The van der Waals surface area contributed by atoms with Crippen molar-refractivity contribution in [2.45, 2.75) is 49.7 Å². The third kappa shape index (κ3) is 1.38. The molecule has 0 spiro atoms. The molecule has 0 aromatic heterocycles. The van der Waals surface area contributed by atoms with Crippen LogP contribution in [0.3, 0.4) is 0 Å². The molecule has 1 aliphatic carbocycles. The molecule has 0 atom stereocenters. The molecule has 0 N–H and O–H groups in total. The molecule has 0 nitrogen and oxygen atoms in total. The van der Waals surface area contributed by atoms with Crippen LogP contribution in [0.4, 0.5) is 0 Å². The van der Waals surface area contributed by atoms with Crippen LogP contribution in [0.5, 0.6) is 0 Å². The van der Waals surface area contributed by atoms with Crippen molar-refractivity contribution in [3.63, 3.8) is 0 Å². The van der Waals surface area contributed by atoms with Gasteiger partial charge in [0.25, 0.3) is 0 Å². The summed E-state index contributed by atoms with van der Waals surface area (Å²) in [5, 5.41) is 0. The molecule has 92 valence electrons. The number of benzene rings is 1. The summed E-state index contributed by atoms with van der Waals surface area (Å²) in [6, 6.07) is 8.75. The largest absolute Gasteiger partial charge is 0.170 e. The van der Waals surface area contributed by atoms with Gasteiger partial charge in [0.2, 0.25) is 0 Å². The van der Waals surface area contributed by atoms with Gasteiger partial charge in [-0.15, -0.1) is 6.58 Å². The summed E-state index contributed by atoms with van der Waals surface area (Å²) in [5.41, 5.74) is 2.98. The summed E-state index contributed by atoms with van der Waals surface area (Å²) >= 11 is 5.10. The minimum Gasteiger partial charge on any atom is -0.170 e. The molecule has 17 heavy (non-hydrogen) atoms. The second-order valence-corrected chi connectivity index (χ2v) is 6.91. The van der Waals surface area contributed by atoms with Gasteiger partial charge in [0.05, 0.1) is 0 Å². The van der Waals surface area contributed by atoms with Crippen molar-refractivity contribution in [3.8, 4) is 0 Å². The first kappa shape index (κ1) is 12.8. The number of allylic oxidation sites excluding steroid dienone is 1. The number of rotatable bonds is 2. The van der Waals surface area contributed by atoms with E-state index >= 15 is 0 Å². The van der Waals surface area contributed by atoms with E-state index in [-0.39, 0.29) is 15.6 Å². The number of hydrogen-bond donors (Lipinski definition) is 1. The Morgan fingerprint density at radius 1 is 1.06 bits per heavy atom. The zero-order chi connectivity index (χ0) is 12.9. The molecule has 1 aliphatic rings. The fourth-order valence-electron chi connectivity index (χ4n) is 3.52. The lowest BCUT2D eigenvalue weighted by Crippen LogP contribution is -2.49. The SMILES string of the molecule is C=CCC1(S)C(C)(C)c2ccccc2C1(C)C. The summed E-state index contributed by atoms with van der Waals surface area (Å²) in [7, 11) is 0. The molecular formula is C16H22S. The fraction of sp³-hybridized carbons (Fsp3) is 0.500. The summed E-state index contributed by atoms with van der Waals surface area (Å²) < 4.78 is -0.0779. The molecule has 1 aromatic rings. The van der Waals surface area contributed by atoms with Crippen LogP contribution in [0.1, 0.15) is 45.2 Å². The van der Waals surface area contributed by atoms with Gasteiger partial charge in [0, 0.05) is 15.6 Å². The molecule has 0 aliphatic heterocycles. The predicted molar refractivity (Wildman–Crippen MR) is 79.0 cm³/mol. The van der Waals surface area contributed by atoms with Gasteiger partial charge in [-0.2, -0.15) is 12.6 Å². The lowest BCUT2D eigenvalue weighted by molar-refractivity contribution is 0.288. The Hall–Kier alpha value is -0.690. The van der Waals surface area contributed by atoms with Crippen LogP contribution in [-0.4, -0.2) is 4.75 Å². The van der Waals surface area contributed by atoms with E-state index in [4.69, 9.17) is 12.6 Å². The van der Waals surface area contributed by atoms with Gasteiger partial charge < -0.3 is 0 Å². The highest BCUT2D eigenvalue weighted by Crippen LogP contribution is 2.61. The maximum atomic E-state index is 5.10. The Labute approximate surface area is 111 Å². The molecule has 0 bridgehead atoms. The Morgan fingerprint density at radius 3 is 1.82 bits per heavy atom. The molecule has 0 fully saturated rings. The maximum absolute atomic E-state index is 5.10. The molecule has 0 amide bonds. The summed E-state index contributed by atoms with van der Waals surface area (Å²) in [6.07, 6.45) is 2.92. The monoisotopic (exact) mass is 246 g/mol. The van der Waals surface area contributed by atoms with Crippen molar-refractivity contribution >= 4 is 12.6 Å². The van der Waals surface area contributed by atoms with Crippen molar-refractivity contribution in [1.82, 2.24) is 0 Å². The summed E-state index contributed by atoms with van der Waals surface area (Å²) in [4.78, 5) is 0. The van der Waals surface area contributed by atoms with Gasteiger partial charge in [-0.3, -0.25) is 0 Å². The average molecular weight is 246 g/mol. The molecule has 0 unspecified atom stereocenters. The lowest BCUT2D eigenvalue weighted by atomic mass is 9.67. The minimum absolute atomic E-state index is 0.0599. The standard InChI is InChI=1S/C16H22S/c1-6-11-16(17)14(2,3)12-9-7-8-10-13(12)15(16,4)5/h6-10,17H,1,11H2,2-5H3. The topological polar surface area (TPSA) is 0 Å². The predicted octanol–water partition coefficient (Wildman–Crippen LogP) is 4.50. The first-order valence-corrected chi connectivity index (χ1v) is 6.67. The molecule has 1 heteroatoms. The second kappa shape index (κ2) is 3.65. The fourth-order valence-corrected chi connectivity index (χ4v) is 3.89. The van der Waals surface area contributed by atoms with Crippen LogP contribution < -0.4 is 0 Å². The highest BCUT2D eigenvalue weighted by molar-refractivity contribution is 7.82. The van der Waals surface area contributed by atoms with Gasteiger partial charge in [0.15, 0.2) is 0 Å². The van der Waals surface area contributed by atoms with E-state index in [2.05, 4.69) is 58.5 Å². The van der Waals surface area contributed by atoms with E-state index < -0.39 is 0 Å². The normalized spacial score (nSPS) is 23.1. The van der Waals surface area contributed by atoms with E-state index in [0.717, 1.165) is 6.42 Å². The third-order valence-corrected chi connectivity index (χ3v) is 6.08. The van der Waals surface area contributed by atoms with Gasteiger partial charge in [0.1, 0.15) is 0 Å². The molecule has 0 saturated heterocycles. The summed E-state index contributed by atoms with van der Waals surface area (Å²) in [5.74, 6) is 0. The highest BCUT2D eigenvalue weighted by atomic mass is 32.1. The van der Waals surface area contributed by atoms with E-state index in [9.17, 15) is 0 Å². The van der Waals surface area contributed by atoms with Crippen LogP contribution in [0.2, 0.25) is 0 Å². The van der Waals surface area contributed by atoms with Gasteiger partial charge >= 0.3 is 0 Å². The lowest BCUT2D eigenvalue weighted by Gasteiger charge is -2.46. The zero-order valence-electron chi connectivity index (χ0n) is 11.2. The maximum Gasteiger partial charge on any atom is 0.0346 e. The van der Waals surface area contributed by atoms with Crippen molar-refractivity contribution in [2.24, 2.45) is 0 Å². The van der Waals surface area contributed by atoms with Crippen molar-refractivity contribution in [2.75, 3.05) is 0 Å². The van der Waals surface area contributed by atoms with Crippen molar-refractivity contribution < 1.29 is 0 Å². The Balaban J connectivity index is 2.72. The van der Waals surface area contributed by atoms with Gasteiger partial charge in [-0.05, 0) is 17.5 Å². The number of hydrogen-bond acceptors (Lipinski definition) is 1. The molecule has 0 heterocycles. The number of thiol groups is 1. The van der Waals surface area contributed by atoms with Gasteiger partial charge in [-0.25, -0.2) is 0 Å². The quantitative estimate of drug-likeness (QED) is 0.576. The zero-order valence-corrected chi connectivity index (χ0v) is 12.1. The molecule has 2 rings (SSSR count). The highest BCUT2D eigenvalue weighted by Gasteiger charge is 2.59. The minimum atomic E-state index is -0.0779. The smallest absolute Gasteiger partial charge is 0.0346 e. The number of fused-ring (bicyclic) bond motifs is 1. The average Bonchev–Trinajstić information content (AvgIpc) is 2.38. The van der Waals surface area contributed by atoms with Crippen LogP contribution in [0, 0.1) is 0 Å². The Kier molecular flexibility index (Phi) is 2.74. The first-order valence-electron chi connectivity index (χ1n) is 6.22. The van der Waals surface area contributed by atoms with E-state index in [1.54, 1.807) is 0 Å². The first-order chi connectivity index (χ1) is 7.79. The summed E-state index contributed by atoms with van der Waals surface area (Å²) in [6.45, 7) is 13.1. The van der Waals surface area contributed by atoms with Crippen LogP contribution in [0.15, 0.2) is 36.9 Å². The van der Waals surface area contributed by atoms with Crippen molar-refractivity contribution in [3.05, 3.63) is 48.0 Å². The van der Waals surface area contributed by atoms with Gasteiger partial charge in [-0.1, -0.05) is 58.0 Å². The molecular weight excluding hydrogens is 224 g/mol. The van der Waals surface area contributed by atoms with Crippen molar-refractivity contribution in [1.29, 1.82) is 0 Å². The molecule has 0 saturated carbocycles. The van der Waals surface area contributed by atoms with E-state index in [1.165, 1.54) is 11.1 Å². The Morgan fingerprint density at radius 2 is 1.47 bits per heavy atom. The van der Waals surface area contributed by atoms with Crippen LogP contribution in [0.25, 0.3) is 0 Å². The van der Waals surface area contributed by atoms with E-state index in [1.807, 2.05) is 6.08 Å². The molecule has 1 aromatic carbocycles. The second-order valence-electron chi connectivity index (χ2n) is 6.15. The van der Waals surface area contributed by atoms with Crippen LogP contribution >= 0.6 is 12.6 Å². The Bertz CT molecular complexity index is 419. The third-order valence-electron chi connectivity index (χ3n) is 4.78.